The first-order chi connectivity index (χ1) is 10.7. The molecule has 114 valence electrons. The average Bonchev–Trinajstić information content (AvgIpc) is 2.55. The van der Waals surface area contributed by atoms with Gasteiger partial charge in [0.1, 0.15) is 5.75 Å². The largest absolute Gasteiger partial charge is 0.493 e. The number of amides is 1. The molecule has 0 saturated heterocycles. The highest BCUT2D eigenvalue weighted by Crippen LogP contribution is 2.32. The van der Waals surface area contributed by atoms with Crippen molar-refractivity contribution in [3.63, 3.8) is 0 Å². The zero-order valence-corrected chi connectivity index (χ0v) is 12.8. The molecule has 1 atom stereocenters. The number of para-hydroxylation sites is 1. The van der Waals surface area contributed by atoms with Crippen LogP contribution in [-0.4, -0.2) is 19.1 Å². The van der Waals surface area contributed by atoms with Crippen LogP contribution in [0.15, 0.2) is 48.5 Å². The van der Waals surface area contributed by atoms with Gasteiger partial charge in [0, 0.05) is 12.5 Å². The van der Waals surface area contributed by atoms with Crippen LogP contribution in [0.5, 0.6) is 5.75 Å². The Bertz CT molecular complexity index is 649. The number of nitrogens with one attached hydrogen (secondary N) is 1. The number of carbonyl (C=O) groups excluding carboxylic acids is 1. The van der Waals surface area contributed by atoms with Gasteiger partial charge in [-0.1, -0.05) is 48.0 Å². The van der Waals surface area contributed by atoms with Crippen LogP contribution in [0.3, 0.4) is 0 Å². The maximum absolute atomic E-state index is 12.1. The van der Waals surface area contributed by atoms with E-state index in [1.807, 2.05) is 49.4 Å². The molecular weight excluding hydrogens is 274 g/mol. The third kappa shape index (κ3) is 3.48. The van der Waals surface area contributed by atoms with Gasteiger partial charge in [-0.25, -0.2) is 0 Å². The van der Waals surface area contributed by atoms with Crippen molar-refractivity contribution < 1.29 is 9.53 Å². The Morgan fingerprint density at radius 2 is 1.95 bits per heavy atom. The minimum absolute atomic E-state index is 0.0767. The number of carbonyl (C=O) groups is 1. The molecule has 1 N–H and O–H groups in total. The quantitative estimate of drug-likeness (QED) is 0.940. The van der Waals surface area contributed by atoms with E-state index in [0.29, 0.717) is 18.9 Å². The summed E-state index contributed by atoms with van der Waals surface area (Å²) < 4.78 is 5.65. The van der Waals surface area contributed by atoms with E-state index in [2.05, 4.69) is 11.4 Å². The molecule has 1 aliphatic rings. The molecule has 1 heterocycles. The third-order valence-corrected chi connectivity index (χ3v) is 4.11. The Hall–Kier alpha value is -2.29. The van der Waals surface area contributed by atoms with Gasteiger partial charge in [-0.2, -0.15) is 0 Å². The van der Waals surface area contributed by atoms with Crippen LogP contribution in [0.4, 0.5) is 0 Å². The predicted octanol–water partition coefficient (Wildman–Crippen LogP) is 3.22. The van der Waals surface area contributed by atoms with Gasteiger partial charge in [0.25, 0.3) is 0 Å². The summed E-state index contributed by atoms with van der Waals surface area (Å²) >= 11 is 0. The number of benzene rings is 2. The van der Waals surface area contributed by atoms with Crippen LogP contribution >= 0.6 is 0 Å². The van der Waals surface area contributed by atoms with Crippen LogP contribution in [0, 0.1) is 6.92 Å². The fraction of sp³-hybridized carbons (Fsp3) is 0.316. The van der Waals surface area contributed by atoms with E-state index in [1.54, 1.807) is 0 Å². The third-order valence-electron chi connectivity index (χ3n) is 4.11. The van der Waals surface area contributed by atoms with E-state index in [9.17, 15) is 4.79 Å². The first kappa shape index (κ1) is 14.6. The summed E-state index contributed by atoms with van der Waals surface area (Å²) in [7, 11) is 0. The highest BCUT2D eigenvalue weighted by atomic mass is 16.5. The Labute approximate surface area is 131 Å². The molecule has 3 heteroatoms. The number of hydrogen-bond acceptors (Lipinski definition) is 2. The molecule has 0 aromatic heterocycles. The van der Waals surface area contributed by atoms with Gasteiger partial charge in [0.05, 0.1) is 13.0 Å². The summed E-state index contributed by atoms with van der Waals surface area (Å²) in [5, 5.41) is 3.06. The second kappa shape index (κ2) is 6.65. The van der Waals surface area contributed by atoms with Crippen LogP contribution in [0.1, 0.15) is 29.0 Å². The molecule has 0 spiro atoms. The van der Waals surface area contributed by atoms with Crippen LogP contribution < -0.4 is 10.1 Å². The van der Waals surface area contributed by atoms with Crippen molar-refractivity contribution in [2.24, 2.45) is 0 Å². The van der Waals surface area contributed by atoms with E-state index in [-0.39, 0.29) is 5.91 Å². The topological polar surface area (TPSA) is 38.3 Å². The minimum atomic E-state index is 0.0767. The van der Waals surface area contributed by atoms with Gasteiger partial charge in [-0.05, 0) is 30.5 Å². The van der Waals surface area contributed by atoms with Crippen molar-refractivity contribution in [1.29, 1.82) is 0 Å². The molecule has 0 saturated carbocycles. The number of hydrogen-bond donors (Lipinski definition) is 1. The van der Waals surface area contributed by atoms with Gasteiger partial charge >= 0.3 is 0 Å². The predicted molar refractivity (Wildman–Crippen MR) is 87.2 cm³/mol. The highest BCUT2D eigenvalue weighted by Gasteiger charge is 2.21. The highest BCUT2D eigenvalue weighted by molar-refractivity contribution is 5.78. The molecule has 0 fully saturated rings. The lowest BCUT2D eigenvalue weighted by Crippen LogP contribution is -2.31. The molecule has 1 amide bonds. The molecule has 1 aliphatic heterocycles. The van der Waals surface area contributed by atoms with Gasteiger partial charge in [-0.3, -0.25) is 4.79 Å². The summed E-state index contributed by atoms with van der Waals surface area (Å²) in [6.07, 6.45) is 1.38. The Morgan fingerprint density at radius 3 is 2.77 bits per heavy atom. The lowest BCUT2D eigenvalue weighted by molar-refractivity contribution is -0.120. The molecule has 3 rings (SSSR count). The van der Waals surface area contributed by atoms with Gasteiger partial charge in [-0.15, -0.1) is 0 Å². The maximum atomic E-state index is 12.1. The maximum Gasteiger partial charge on any atom is 0.224 e. The fourth-order valence-corrected chi connectivity index (χ4v) is 2.82. The lowest BCUT2D eigenvalue weighted by atomic mass is 9.93. The molecule has 2 aromatic rings. The first-order valence-corrected chi connectivity index (χ1v) is 7.76. The zero-order chi connectivity index (χ0) is 15.4. The van der Waals surface area contributed by atoms with Crippen molar-refractivity contribution in [3.8, 4) is 5.75 Å². The second-order valence-electron chi connectivity index (χ2n) is 5.84. The number of aryl methyl sites for hydroxylation is 1. The molecule has 0 radical (unpaired) electrons. The van der Waals surface area contributed by atoms with Crippen molar-refractivity contribution >= 4 is 5.91 Å². The molecule has 0 aliphatic carbocycles. The second-order valence-corrected chi connectivity index (χ2v) is 5.84. The number of ether oxygens (including phenoxy) is 1. The Morgan fingerprint density at radius 1 is 1.18 bits per heavy atom. The zero-order valence-electron chi connectivity index (χ0n) is 12.8. The van der Waals surface area contributed by atoms with Gasteiger partial charge in [0.2, 0.25) is 5.91 Å². The van der Waals surface area contributed by atoms with E-state index in [1.165, 1.54) is 11.1 Å². The smallest absolute Gasteiger partial charge is 0.224 e. The normalized spacial score (nSPS) is 16.5. The number of fused-ring (bicyclic) bond motifs is 1. The van der Waals surface area contributed by atoms with E-state index >= 15 is 0 Å². The summed E-state index contributed by atoms with van der Waals surface area (Å²) in [5.74, 6) is 1.37. The van der Waals surface area contributed by atoms with E-state index in [0.717, 1.165) is 24.3 Å². The number of rotatable bonds is 4. The van der Waals surface area contributed by atoms with Crippen molar-refractivity contribution in [3.05, 3.63) is 65.2 Å². The lowest BCUT2D eigenvalue weighted by Gasteiger charge is -2.26. The molecule has 0 bridgehead atoms. The average molecular weight is 295 g/mol. The van der Waals surface area contributed by atoms with Crippen molar-refractivity contribution in [2.45, 2.75) is 25.7 Å². The molecular formula is C19H21NO2. The minimum Gasteiger partial charge on any atom is -0.493 e. The van der Waals surface area contributed by atoms with E-state index in [4.69, 9.17) is 4.74 Å². The van der Waals surface area contributed by atoms with Crippen LogP contribution in [0.2, 0.25) is 0 Å². The van der Waals surface area contributed by atoms with Crippen molar-refractivity contribution in [1.82, 2.24) is 5.32 Å². The standard InChI is InChI=1S/C19H21NO2/c1-14-6-8-15(9-7-14)12-19(21)20-13-16-10-11-22-18-5-3-2-4-17(16)18/h2-9,16H,10-13H2,1H3,(H,20,21). The SMILES string of the molecule is Cc1ccc(CC(=O)NCC2CCOc3ccccc32)cc1. The summed E-state index contributed by atoms with van der Waals surface area (Å²) in [6, 6.07) is 16.2. The molecule has 2 aromatic carbocycles. The summed E-state index contributed by atoms with van der Waals surface area (Å²) in [4.78, 5) is 12.1. The van der Waals surface area contributed by atoms with Crippen molar-refractivity contribution in [2.75, 3.05) is 13.2 Å². The van der Waals surface area contributed by atoms with Gasteiger partial charge in [0.15, 0.2) is 0 Å². The summed E-state index contributed by atoms with van der Waals surface area (Å²) in [6.45, 7) is 3.44. The Balaban J connectivity index is 1.56. The monoisotopic (exact) mass is 295 g/mol. The molecule has 3 nitrogen and oxygen atoms in total. The van der Waals surface area contributed by atoms with E-state index < -0.39 is 0 Å². The summed E-state index contributed by atoms with van der Waals surface area (Å²) in [5.41, 5.74) is 3.46. The molecule has 22 heavy (non-hydrogen) atoms. The fourth-order valence-electron chi connectivity index (χ4n) is 2.82. The Kier molecular flexibility index (Phi) is 4.42. The van der Waals surface area contributed by atoms with Crippen LogP contribution in [0.25, 0.3) is 0 Å². The first-order valence-electron chi connectivity index (χ1n) is 7.76. The van der Waals surface area contributed by atoms with Crippen LogP contribution in [-0.2, 0) is 11.2 Å². The van der Waals surface area contributed by atoms with Gasteiger partial charge < -0.3 is 10.1 Å². The molecule has 1 unspecified atom stereocenters.